The van der Waals surface area contributed by atoms with Crippen LogP contribution in [0, 0.1) is 5.92 Å². The van der Waals surface area contributed by atoms with Crippen LogP contribution in [0.1, 0.15) is 25.7 Å². The van der Waals surface area contributed by atoms with Gasteiger partial charge in [0.2, 0.25) is 0 Å². The number of nitrogens with one attached hydrogen (secondary N) is 1. The Hall–Kier alpha value is -0.840. The number of H-pyrrole nitrogens is 1. The average molecular weight is 256 g/mol. The molecule has 0 aliphatic carbocycles. The molecule has 16 heavy (non-hydrogen) atoms. The third-order valence-corrected chi connectivity index (χ3v) is 3.60. The number of thiophene rings is 1. The van der Waals surface area contributed by atoms with Crippen molar-refractivity contribution in [3.8, 4) is 11.3 Å². The van der Waals surface area contributed by atoms with Crippen molar-refractivity contribution in [3.05, 3.63) is 27.8 Å². The molecule has 0 saturated heterocycles. The Kier molecular flexibility index (Phi) is 3.33. The zero-order chi connectivity index (χ0) is 11.7. The zero-order valence-corrected chi connectivity index (χ0v) is 10.8. The number of nitrogens with two attached hydrogens (primary N) is 1. The summed E-state index contributed by atoms with van der Waals surface area (Å²) < 4.78 is 0.777. The standard InChI is InChI=1S/C11H14ClN3S/c1-6(2)10(13)11-14-4-8(15-11)7-3-9(12)16-5-7/h3-6,10H,13H2,1-2H3,(H,14,15). The van der Waals surface area contributed by atoms with E-state index in [1.165, 1.54) is 11.3 Å². The van der Waals surface area contributed by atoms with Gasteiger partial charge in [-0.3, -0.25) is 0 Å². The molecule has 0 fully saturated rings. The van der Waals surface area contributed by atoms with E-state index >= 15 is 0 Å². The lowest BCUT2D eigenvalue weighted by molar-refractivity contribution is 0.494. The van der Waals surface area contributed by atoms with Crippen molar-refractivity contribution in [1.29, 1.82) is 0 Å². The summed E-state index contributed by atoms with van der Waals surface area (Å²) in [6.45, 7) is 4.16. The summed E-state index contributed by atoms with van der Waals surface area (Å²) in [5.74, 6) is 1.19. The lowest BCUT2D eigenvalue weighted by Crippen LogP contribution is -2.18. The van der Waals surface area contributed by atoms with E-state index in [9.17, 15) is 0 Å². The van der Waals surface area contributed by atoms with Gasteiger partial charge in [-0.05, 0) is 12.0 Å². The van der Waals surface area contributed by atoms with Gasteiger partial charge in [0.05, 0.1) is 22.3 Å². The second-order valence-corrected chi connectivity index (χ2v) is 5.63. The molecule has 0 amide bonds. The van der Waals surface area contributed by atoms with E-state index in [-0.39, 0.29) is 6.04 Å². The largest absolute Gasteiger partial charge is 0.341 e. The van der Waals surface area contributed by atoms with Crippen LogP contribution in [-0.4, -0.2) is 9.97 Å². The van der Waals surface area contributed by atoms with Crippen LogP contribution >= 0.6 is 22.9 Å². The van der Waals surface area contributed by atoms with Crippen LogP contribution < -0.4 is 5.73 Å². The Morgan fingerprint density at radius 2 is 2.25 bits per heavy atom. The van der Waals surface area contributed by atoms with Gasteiger partial charge in [0.1, 0.15) is 5.82 Å². The number of aromatic amines is 1. The van der Waals surface area contributed by atoms with Gasteiger partial charge in [0, 0.05) is 10.9 Å². The molecule has 86 valence electrons. The highest BCUT2D eigenvalue weighted by Gasteiger charge is 2.14. The van der Waals surface area contributed by atoms with Crippen LogP contribution in [0.15, 0.2) is 17.6 Å². The third kappa shape index (κ3) is 2.29. The van der Waals surface area contributed by atoms with Crippen LogP contribution in [0.4, 0.5) is 0 Å². The molecule has 0 spiro atoms. The summed E-state index contributed by atoms with van der Waals surface area (Å²) in [6, 6.07) is 1.87. The lowest BCUT2D eigenvalue weighted by Gasteiger charge is -2.11. The molecule has 0 bridgehead atoms. The van der Waals surface area contributed by atoms with E-state index in [0.29, 0.717) is 5.92 Å². The maximum atomic E-state index is 6.02. The highest BCUT2D eigenvalue weighted by atomic mass is 35.5. The third-order valence-electron chi connectivity index (χ3n) is 2.51. The van der Waals surface area contributed by atoms with Gasteiger partial charge in [0.25, 0.3) is 0 Å². The molecule has 5 heteroatoms. The van der Waals surface area contributed by atoms with Crippen molar-refractivity contribution < 1.29 is 0 Å². The quantitative estimate of drug-likeness (QED) is 0.883. The Balaban J connectivity index is 2.26. The van der Waals surface area contributed by atoms with Crippen LogP contribution in [0.2, 0.25) is 4.34 Å². The number of hydrogen-bond acceptors (Lipinski definition) is 3. The van der Waals surface area contributed by atoms with Gasteiger partial charge < -0.3 is 10.7 Å². The van der Waals surface area contributed by atoms with Gasteiger partial charge in [-0.1, -0.05) is 25.4 Å². The second-order valence-electron chi connectivity index (χ2n) is 4.09. The minimum atomic E-state index is -0.0529. The number of halogens is 1. The fraction of sp³-hybridized carbons (Fsp3) is 0.364. The van der Waals surface area contributed by atoms with Crippen molar-refractivity contribution in [2.24, 2.45) is 11.7 Å². The number of hydrogen-bond donors (Lipinski definition) is 2. The Morgan fingerprint density at radius 1 is 1.50 bits per heavy atom. The molecule has 0 aromatic carbocycles. The first-order valence-electron chi connectivity index (χ1n) is 5.13. The Morgan fingerprint density at radius 3 is 2.81 bits per heavy atom. The van der Waals surface area contributed by atoms with E-state index in [2.05, 4.69) is 23.8 Å². The van der Waals surface area contributed by atoms with Crippen molar-refractivity contribution in [2.75, 3.05) is 0 Å². The molecule has 3 nitrogen and oxygen atoms in total. The van der Waals surface area contributed by atoms with E-state index in [1.807, 2.05) is 11.4 Å². The van der Waals surface area contributed by atoms with E-state index < -0.39 is 0 Å². The van der Waals surface area contributed by atoms with Gasteiger partial charge >= 0.3 is 0 Å². The second kappa shape index (κ2) is 4.57. The summed E-state index contributed by atoms with van der Waals surface area (Å²) in [7, 11) is 0. The topological polar surface area (TPSA) is 54.7 Å². The smallest absolute Gasteiger partial charge is 0.123 e. The lowest BCUT2D eigenvalue weighted by atomic mass is 10.1. The molecule has 0 radical (unpaired) electrons. The first kappa shape index (κ1) is 11.6. The summed E-state index contributed by atoms with van der Waals surface area (Å²) >= 11 is 7.40. The Labute approximate surface area is 104 Å². The van der Waals surface area contributed by atoms with Crippen molar-refractivity contribution >= 4 is 22.9 Å². The van der Waals surface area contributed by atoms with Crippen molar-refractivity contribution in [1.82, 2.24) is 9.97 Å². The number of imidazole rings is 1. The maximum absolute atomic E-state index is 6.02. The van der Waals surface area contributed by atoms with Gasteiger partial charge in [-0.2, -0.15) is 0 Å². The predicted molar refractivity (Wildman–Crippen MR) is 68.7 cm³/mol. The predicted octanol–water partition coefficient (Wildman–Crippen LogP) is 3.45. The monoisotopic (exact) mass is 255 g/mol. The molecule has 0 saturated carbocycles. The summed E-state index contributed by atoms with van der Waals surface area (Å²) in [5, 5.41) is 2.00. The van der Waals surface area contributed by atoms with Crippen molar-refractivity contribution in [2.45, 2.75) is 19.9 Å². The van der Waals surface area contributed by atoms with Gasteiger partial charge in [-0.25, -0.2) is 4.98 Å². The number of aromatic nitrogens is 2. The van der Waals surface area contributed by atoms with E-state index in [4.69, 9.17) is 17.3 Å². The molecule has 3 N–H and O–H groups in total. The fourth-order valence-corrected chi connectivity index (χ4v) is 2.30. The molecule has 1 unspecified atom stereocenters. The van der Waals surface area contributed by atoms with Crippen molar-refractivity contribution in [3.63, 3.8) is 0 Å². The molecular weight excluding hydrogens is 242 g/mol. The summed E-state index contributed by atoms with van der Waals surface area (Å²) in [4.78, 5) is 7.54. The van der Waals surface area contributed by atoms with Crippen LogP contribution in [0.5, 0.6) is 0 Å². The first-order valence-corrected chi connectivity index (χ1v) is 6.38. The first-order chi connectivity index (χ1) is 7.58. The molecule has 2 rings (SSSR count). The normalized spacial score (nSPS) is 13.3. The highest BCUT2D eigenvalue weighted by Crippen LogP contribution is 2.28. The van der Waals surface area contributed by atoms with Crippen LogP contribution in [0.3, 0.4) is 0 Å². The van der Waals surface area contributed by atoms with E-state index in [0.717, 1.165) is 21.4 Å². The number of rotatable bonds is 3. The molecular formula is C11H14ClN3S. The zero-order valence-electron chi connectivity index (χ0n) is 9.20. The van der Waals surface area contributed by atoms with Crippen LogP contribution in [0.25, 0.3) is 11.3 Å². The van der Waals surface area contributed by atoms with Gasteiger partial charge in [0.15, 0.2) is 0 Å². The molecule has 1 atom stereocenters. The minimum absolute atomic E-state index is 0.0529. The molecule has 2 heterocycles. The van der Waals surface area contributed by atoms with Crippen LogP contribution in [-0.2, 0) is 0 Å². The molecule has 0 aliphatic rings. The average Bonchev–Trinajstić information content (AvgIpc) is 2.84. The molecule has 2 aromatic heterocycles. The minimum Gasteiger partial charge on any atom is -0.341 e. The Bertz CT molecular complexity index is 475. The fourth-order valence-electron chi connectivity index (χ4n) is 1.42. The number of nitrogens with zero attached hydrogens (tertiary/aromatic N) is 1. The highest BCUT2D eigenvalue weighted by molar-refractivity contribution is 7.14. The molecule has 0 aliphatic heterocycles. The SMILES string of the molecule is CC(C)C(N)c1ncc(-c2csc(Cl)c2)[nH]1. The summed E-state index contributed by atoms with van der Waals surface area (Å²) in [6.07, 6.45) is 1.80. The van der Waals surface area contributed by atoms with Gasteiger partial charge in [-0.15, -0.1) is 11.3 Å². The maximum Gasteiger partial charge on any atom is 0.123 e. The molecule has 2 aromatic rings. The summed E-state index contributed by atoms with van der Waals surface area (Å²) in [5.41, 5.74) is 8.04. The van der Waals surface area contributed by atoms with E-state index in [1.54, 1.807) is 6.20 Å².